The first-order chi connectivity index (χ1) is 10.1. The third-order valence-corrected chi connectivity index (χ3v) is 3.11. The largest absolute Gasteiger partial charge is 0.487 e. The van der Waals surface area contributed by atoms with Crippen LogP contribution in [-0.4, -0.2) is 16.1 Å². The van der Waals surface area contributed by atoms with Gasteiger partial charge in [0.2, 0.25) is 0 Å². The Hall–Kier alpha value is -2.82. The molecule has 2 N–H and O–H groups in total. The van der Waals surface area contributed by atoms with Gasteiger partial charge < -0.3 is 14.8 Å². The molecule has 0 spiro atoms. The van der Waals surface area contributed by atoms with E-state index in [0.717, 1.165) is 16.6 Å². The van der Waals surface area contributed by atoms with Crippen molar-refractivity contribution in [3.8, 4) is 5.75 Å². The summed E-state index contributed by atoms with van der Waals surface area (Å²) in [7, 11) is 0. The van der Waals surface area contributed by atoms with Crippen LogP contribution in [0.2, 0.25) is 0 Å². The second-order valence-electron chi connectivity index (χ2n) is 4.65. The summed E-state index contributed by atoms with van der Waals surface area (Å²) in [5.41, 5.74) is 1.86. The van der Waals surface area contributed by atoms with Crippen molar-refractivity contribution in [1.29, 1.82) is 0 Å². The minimum absolute atomic E-state index is 0.235. The molecule has 1 aromatic heterocycles. The highest BCUT2D eigenvalue weighted by atomic mass is 19.1. The summed E-state index contributed by atoms with van der Waals surface area (Å²) in [5.74, 6) is -0.870. The molecule has 0 amide bonds. The molecule has 4 nitrogen and oxygen atoms in total. The van der Waals surface area contributed by atoms with Crippen molar-refractivity contribution in [1.82, 2.24) is 4.98 Å². The molecular weight excluding hydrogens is 273 g/mol. The quantitative estimate of drug-likeness (QED) is 0.770. The van der Waals surface area contributed by atoms with Gasteiger partial charge in [0.1, 0.15) is 18.2 Å². The summed E-state index contributed by atoms with van der Waals surface area (Å²) < 4.78 is 18.5. The van der Waals surface area contributed by atoms with Crippen LogP contribution in [0, 0.1) is 5.82 Å². The maximum absolute atomic E-state index is 13.0. The van der Waals surface area contributed by atoms with Gasteiger partial charge >= 0.3 is 5.97 Å². The van der Waals surface area contributed by atoms with Crippen molar-refractivity contribution < 1.29 is 19.0 Å². The lowest BCUT2D eigenvalue weighted by molar-refractivity contribution is 0.0697. The Labute approximate surface area is 119 Å². The van der Waals surface area contributed by atoms with E-state index in [0.29, 0.717) is 5.75 Å². The SMILES string of the molecule is O=C(O)c1ccc2[nH]c(COc3cccc(F)c3)cc2c1. The molecule has 0 aliphatic heterocycles. The molecule has 0 atom stereocenters. The fourth-order valence-electron chi connectivity index (χ4n) is 2.12. The van der Waals surface area contributed by atoms with Crippen molar-refractivity contribution in [2.75, 3.05) is 0 Å². The molecule has 3 aromatic rings. The van der Waals surface area contributed by atoms with Gasteiger partial charge in [-0.2, -0.15) is 0 Å². The van der Waals surface area contributed by atoms with Gasteiger partial charge in [-0.05, 0) is 36.4 Å². The van der Waals surface area contributed by atoms with Crippen molar-refractivity contribution in [2.45, 2.75) is 6.61 Å². The normalized spacial score (nSPS) is 10.7. The Kier molecular flexibility index (Phi) is 3.31. The number of aromatic amines is 1. The summed E-state index contributed by atoms with van der Waals surface area (Å²) in [6, 6.07) is 12.6. The Bertz CT molecular complexity index is 810. The maximum atomic E-state index is 13.0. The number of aromatic nitrogens is 1. The molecule has 3 rings (SSSR count). The standard InChI is InChI=1S/C16H12FNO3/c17-12-2-1-3-14(8-12)21-9-13-7-11-6-10(16(19)20)4-5-15(11)18-13/h1-8,18H,9H2,(H,19,20). The number of aromatic carboxylic acids is 1. The molecule has 0 saturated carbocycles. The fraction of sp³-hybridized carbons (Fsp3) is 0.0625. The number of rotatable bonds is 4. The zero-order chi connectivity index (χ0) is 14.8. The highest BCUT2D eigenvalue weighted by Crippen LogP contribution is 2.19. The van der Waals surface area contributed by atoms with Crippen LogP contribution in [0.25, 0.3) is 10.9 Å². The first-order valence-corrected chi connectivity index (χ1v) is 6.35. The summed E-state index contributed by atoms with van der Waals surface area (Å²) in [4.78, 5) is 14.1. The van der Waals surface area contributed by atoms with Crippen LogP contribution in [0.1, 0.15) is 16.1 Å². The van der Waals surface area contributed by atoms with Crippen LogP contribution in [0.15, 0.2) is 48.5 Å². The number of nitrogens with one attached hydrogen (secondary N) is 1. The first kappa shape index (κ1) is 13.2. The van der Waals surface area contributed by atoms with Gasteiger partial charge in [0.25, 0.3) is 0 Å². The van der Waals surface area contributed by atoms with Crippen LogP contribution < -0.4 is 4.74 Å². The second kappa shape index (κ2) is 5.28. The number of ether oxygens (including phenoxy) is 1. The van der Waals surface area contributed by atoms with E-state index in [4.69, 9.17) is 9.84 Å². The predicted octanol–water partition coefficient (Wildman–Crippen LogP) is 3.58. The summed E-state index contributed by atoms with van der Waals surface area (Å²) in [5, 5.41) is 9.76. The van der Waals surface area contributed by atoms with E-state index >= 15 is 0 Å². The van der Waals surface area contributed by atoms with E-state index in [2.05, 4.69) is 4.98 Å². The first-order valence-electron chi connectivity index (χ1n) is 6.35. The molecule has 0 aliphatic rings. The van der Waals surface area contributed by atoms with E-state index in [1.807, 2.05) is 6.07 Å². The number of carboxylic acid groups (broad SMARTS) is 1. The highest BCUT2D eigenvalue weighted by molar-refractivity contribution is 5.93. The smallest absolute Gasteiger partial charge is 0.335 e. The van der Waals surface area contributed by atoms with Gasteiger partial charge in [-0.3, -0.25) is 0 Å². The van der Waals surface area contributed by atoms with Crippen LogP contribution in [0.4, 0.5) is 4.39 Å². The topological polar surface area (TPSA) is 62.3 Å². The van der Waals surface area contributed by atoms with E-state index in [1.165, 1.54) is 12.1 Å². The number of carboxylic acids is 1. The van der Waals surface area contributed by atoms with Crippen LogP contribution in [0.3, 0.4) is 0 Å². The molecule has 21 heavy (non-hydrogen) atoms. The number of carbonyl (C=O) groups is 1. The molecule has 0 fully saturated rings. The van der Waals surface area contributed by atoms with Gasteiger partial charge in [-0.1, -0.05) is 6.07 Å². The molecule has 0 saturated heterocycles. The number of H-pyrrole nitrogens is 1. The third-order valence-electron chi connectivity index (χ3n) is 3.11. The zero-order valence-corrected chi connectivity index (χ0v) is 11.0. The number of hydrogen-bond donors (Lipinski definition) is 2. The highest BCUT2D eigenvalue weighted by Gasteiger charge is 2.07. The number of halogens is 1. The molecule has 1 heterocycles. The average Bonchev–Trinajstić information content (AvgIpc) is 2.87. The lowest BCUT2D eigenvalue weighted by atomic mass is 10.1. The Balaban J connectivity index is 1.80. The summed E-state index contributed by atoms with van der Waals surface area (Å²) >= 11 is 0. The second-order valence-corrected chi connectivity index (χ2v) is 4.65. The lowest BCUT2D eigenvalue weighted by Gasteiger charge is -2.04. The number of benzene rings is 2. The molecular formula is C16H12FNO3. The van der Waals surface area contributed by atoms with Crippen molar-refractivity contribution >= 4 is 16.9 Å². The van der Waals surface area contributed by atoms with Crippen molar-refractivity contribution in [3.05, 3.63) is 65.6 Å². The van der Waals surface area contributed by atoms with Crippen LogP contribution in [-0.2, 0) is 6.61 Å². The zero-order valence-electron chi connectivity index (χ0n) is 11.0. The Morgan fingerprint density at radius 1 is 1.19 bits per heavy atom. The van der Waals surface area contributed by atoms with Crippen LogP contribution in [0.5, 0.6) is 5.75 Å². The molecule has 0 radical (unpaired) electrons. The van der Waals surface area contributed by atoms with E-state index in [9.17, 15) is 9.18 Å². The predicted molar refractivity (Wildman–Crippen MR) is 76.0 cm³/mol. The molecule has 2 aromatic carbocycles. The van der Waals surface area contributed by atoms with Gasteiger partial charge in [0, 0.05) is 17.0 Å². The van der Waals surface area contributed by atoms with Gasteiger partial charge in [-0.25, -0.2) is 9.18 Å². The van der Waals surface area contributed by atoms with Gasteiger partial charge in [0.15, 0.2) is 0 Å². The summed E-state index contributed by atoms with van der Waals surface area (Å²) in [6.45, 7) is 0.251. The molecule has 5 heteroatoms. The Morgan fingerprint density at radius 2 is 2.05 bits per heavy atom. The maximum Gasteiger partial charge on any atom is 0.335 e. The lowest BCUT2D eigenvalue weighted by Crippen LogP contribution is -1.95. The summed E-state index contributed by atoms with van der Waals surface area (Å²) in [6.07, 6.45) is 0. The van der Waals surface area contributed by atoms with Crippen molar-refractivity contribution in [2.24, 2.45) is 0 Å². The average molecular weight is 285 g/mol. The number of hydrogen-bond acceptors (Lipinski definition) is 2. The van der Waals surface area contributed by atoms with E-state index < -0.39 is 5.97 Å². The van der Waals surface area contributed by atoms with E-state index in [1.54, 1.807) is 30.3 Å². The molecule has 0 aliphatic carbocycles. The fourth-order valence-corrected chi connectivity index (χ4v) is 2.12. The van der Waals surface area contributed by atoms with Gasteiger partial charge in [0.05, 0.1) is 11.3 Å². The van der Waals surface area contributed by atoms with Crippen LogP contribution >= 0.6 is 0 Å². The van der Waals surface area contributed by atoms with Crippen molar-refractivity contribution in [3.63, 3.8) is 0 Å². The minimum atomic E-state index is -0.962. The molecule has 0 unspecified atom stereocenters. The Morgan fingerprint density at radius 3 is 2.81 bits per heavy atom. The van der Waals surface area contributed by atoms with Gasteiger partial charge in [-0.15, -0.1) is 0 Å². The monoisotopic (exact) mass is 285 g/mol. The molecule has 0 bridgehead atoms. The van der Waals surface area contributed by atoms with E-state index in [-0.39, 0.29) is 18.0 Å². The number of fused-ring (bicyclic) bond motifs is 1. The molecule has 106 valence electrons. The third kappa shape index (κ3) is 2.86. The minimum Gasteiger partial charge on any atom is -0.487 e.